The van der Waals surface area contributed by atoms with Gasteiger partial charge in [0.05, 0.1) is 17.8 Å². The minimum Gasteiger partial charge on any atom is -0.390 e. The van der Waals surface area contributed by atoms with E-state index in [9.17, 15) is 9.90 Å². The molecule has 1 aliphatic heterocycles. The highest BCUT2D eigenvalue weighted by atomic mass is 16.3. The number of nitrogens with one attached hydrogen (secondary N) is 2. The van der Waals surface area contributed by atoms with Gasteiger partial charge in [-0.1, -0.05) is 0 Å². The average Bonchev–Trinajstić information content (AvgIpc) is 2.75. The van der Waals surface area contributed by atoms with E-state index in [-0.39, 0.29) is 18.5 Å². The van der Waals surface area contributed by atoms with E-state index < -0.39 is 6.10 Å². The third-order valence-electron chi connectivity index (χ3n) is 2.93. The third kappa shape index (κ3) is 2.83. The first kappa shape index (κ1) is 12.1. The van der Waals surface area contributed by atoms with Gasteiger partial charge in [-0.05, 0) is 19.9 Å². The van der Waals surface area contributed by atoms with E-state index in [0.717, 1.165) is 11.4 Å². The number of carbonyl (C=O) groups is 1. The highest BCUT2D eigenvalue weighted by Gasteiger charge is 2.26. The Hall–Kier alpha value is -1.40. The van der Waals surface area contributed by atoms with Gasteiger partial charge < -0.3 is 15.7 Å². The Morgan fingerprint density at radius 3 is 2.94 bits per heavy atom. The Kier molecular flexibility index (Phi) is 3.44. The number of aliphatic hydroxyl groups excluding tert-OH is 1. The number of carbonyl (C=O) groups excluding carboxylic acids is 1. The second-order valence-corrected chi connectivity index (χ2v) is 4.48. The number of amides is 1. The summed E-state index contributed by atoms with van der Waals surface area (Å²) in [5, 5.41) is 19.6. The molecule has 3 N–H and O–H groups in total. The highest BCUT2D eigenvalue weighted by Crippen LogP contribution is 2.02. The summed E-state index contributed by atoms with van der Waals surface area (Å²) in [5.41, 5.74) is 1.86. The number of hydrogen-bond donors (Lipinski definition) is 3. The lowest BCUT2D eigenvalue weighted by Gasteiger charge is -2.15. The number of hydrogen-bond acceptors (Lipinski definition) is 4. The van der Waals surface area contributed by atoms with Crippen molar-refractivity contribution < 1.29 is 9.90 Å². The number of aromatic nitrogens is 2. The molecule has 1 saturated heterocycles. The van der Waals surface area contributed by atoms with Gasteiger partial charge in [0.2, 0.25) is 5.91 Å². The van der Waals surface area contributed by atoms with Gasteiger partial charge in [-0.3, -0.25) is 9.48 Å². The molecule has 6 heteroatoms. The molecule has 0 bridgehead atoms. The van der Waals surface area contributed by atoms with Crippen LogP contribution in [0, 0.1) is 13.8 Å². The van der Waals surface area contributed by atoms with E-state index >= 15 is 0 Å². The Morgan fingerprint density at radius 2 is 2.41 bits per heavy atom. The molecule has 1 fully saturated rings. The van der Waals surface area contributed by atoms with Crippen molar-refractivity contribution in [2.75, 3.05) is 13.1 Å². The van der Waals surface area contributed by atoms with E-state index in [0.29, 0.717) is 13.1 Å². The van der Waals surface area contributed by atoms with Crippen LogP contribution in [0.25, 0.3) is 0 Å². The Bertz CT molecular complexity index is 416. The molecular formula is C11H18N4O2. The van der Waals surface area contributed by atoms with E-state index in [4.69, 9.17) is 0 Å². The summed E-state index contributed by atoms with van der Waals surface area (Å²) in [6.45, 7) is 5.16. The van der Waals surface area contributed by atoms with Gasteiger partial charge in [0, 0.05) is 18.8 Å². The standard InChI is InChI=1S/C11H18N4O2/c1-7-3-8(2)15(14-7)6-11(17)13-9-4-12-5-10(9)16/h3,9-10,12,16H,4-6H2,1-2H3,(H,13,17)/t9-,10+/m1/s1. The molecule has 0 aromatic carbocycles. The monoisotopic (exact) mass is 238 g/mol. The molecule has 2 atom stereocenters. The molecular weight excluding hydrogens is 220 g/mol. The fraction of sp³-hybridized carbons (Fsp3) is 0.636. The normalized spacial score (nSPS) is 23.9. The van der Waals surface area contributed by atoms with Crippen LogP contribution in [0.5, 0.6) is 0 Å². The maximum absolute atomic E-state index is 11.8. The molecule has 17 heavy (non-hydrogen) atoms. The third-order valence-corrected chi connectivity index (χ3v) is 2.93. The second kappa shape index (κ2) is 4.85. The van der Waals surface area contributed by atoms with Crippen LogP contribution >= 0.6 is 0 Å². The minimum absolute atomic E-state index is 0.121. The Balaban J connectivity index is 1.91. The summed E-state index contributed by atoms with van der Waals surface area (Å²) < 4.78 is 1.67. The van der Waals surface area contributed by atoms with Gasteiger partial charge in [0.25, 0.3) is 0 Å². The summed E-state index contributed by atoms with van der Waals surface area (Å²) in [6.07, 6.45) is -0.501. The van der Waals surface area contributed by atoms with Crippen LogP contribution in [0.15, 0.2) is 6.07 Å². The number of rotatable bonds is 3. The van der Waals surface area contributed by atoms with Crippen molar-refractivity contribution in [1.29, 1.82) is 0 Å². The number of nitrogens with zero attached hydrogens (tertiary/aromatic N) is 2. The first-order valence-corrected chi connectivity index (χ1v) is 5.75. The van der Waals surface area contributed by atoms with Crippen molar-refractivity contribution in [3.8, 4) is 0 Å². The number of aliphatic hydroxyl groups is 1. The van der Waals surface area contributed by atoms with Gasteiger partial charge in [-0.25, -0.2) is 0 Å². The first-order chi connectivity index (χ1) is 8.06. The lowest BCUT2D eigenvalue weighted by atomic mass is 10.2. The first-order valence-electron chi connectivity index (χ1n) is 5.75. The van der Waals surface area contributed by atoms with Crippen LogP contribution in [-0.2, 0) is 11.3 Å². The van der Waals surface area contributed by atoms with E-state index in [1.54, 1.807) is 4.68 Å². The maximum atomic E-state index is 11.8. The van der Waals surface area contributed by atoms with Crippen LogP contribution in [0.1, 0.15) is 11.4 Å². The molecule has 94 valence electrons. The Labute approximate surface area is 100 Å². The molecule has 2 heterocycles. The minimum atomic E-state index is -0.501. The molecule has 0 radical (unpaired) electrons. The topological polar surface area (TPSA) is 79.2 Å². The zero-order chi connectivity index (χ0) is 12.4. The van der Waals surface area contributed by atoms with Crippen LogP contribution in [0.4, 0.5) is 0 Å². The van der Waals surface area contributed by atoms with Gasteiger partial charge in [0.1, 0.15) is 6.54 Å². The fourth-order valence-electron chi connectivity index (χ4n) is 2.04. The molecule has 6 nitrogen and oxygen atoms in total. The van der Waals surface area contributed by atoms with Crippen LogP contribution in [-0.4, -0.2) is 46.0 Å². The molecule has 2 rings (SSSR count). The summed E-state index contributed by atoms with van der Waals surface area (Å²) in [7, 11) is 0. The smallest absolute Gasteiger partial charge is 0.242 e. The average molecular weight is 238 g/mol. The lowest BCUT2D eigenvalue weighted by molar-refractivity contribution is -0.123. The fourth-order valence-corrected chi connectivity index (χ4v) is 2.04. The second-order valence-electron chi connectivity index (χ2n) is 4.48. The molecule has 1 aromatic heterocycles. The van der Waals surface area contributed by atoms with Gasteiger partial charge in [-0.15, -0.1) is 0 Å². The zero-order valence-electron chi connectivity index (χ0n) is 10.1. The number of aryl methyl sites for hydroxylation is 2. The van der Waals surface area contributed by atoms with Gasteiger partial charge in [0.15, 0.2) is 0 Å². The van der Waals surface area contributed by atoms with Crippen molar-refractivity contribution in [3.63, 3.8) is 0 Å². The van der Waals surface area contributed by atoms with Crippen LogP contribution in [0.3, 0.4) is 0 Å². The largest absolute Gasteiger partial charge is 0.390 e. The predicted molar refractivity (Wildman–Crippen MR) is 62.5 cm³/mol. The number of β-amino-alcohol motifs (C(OH)–C–C–N with tert-alkyl or cyclic N) is 1. The molecule has 0 aliphatic carbocycles. The lowest BCUT2D eigenvalue weighted by Crippen LogP contribution is -2.44. The summed E-state index contributed by atoms with van der Waals surface area (Å²) >= 11 is 0. The van der Waals surface area contributed by atoms with Gasteiger partial charge in [-0.2, -0.15) is 5.10 Å². The highest BCUT2D eigenvalue weighted by molar-refractivity contribution is 5.76. The summed E-state index contributed by atoms with van der Waals surface area (Å²) in [5.74, 6) is -0.121. The molecule has 1 aromatic rings. The molecule has 0 saturated carbocycles. The van der Waals surface area contributed by atoms with E-state index in [2.05, 4.69) is 15.7 Å². The molecule has 0 spiro atoms. The summed E-state index contributed by atoms with van der Waals surface area (Å²) in [4.78, 5) is 11.8. The SMILES string of the molecule is Cc1cc(C)n(CC(=O)N[C@@H]2CNC[C@@H]2O)n1. The van der Waals surface area contributed by atoms with Crippen LogP contribution < -0.4 is 10.6 Å². The van der Waals surface area contributed by atoms with Crippen LogP contribution in [0.2, 0.25) is 0 Å². The Morgan fingerprint density at radius 1 is 1.65 bits per heavy atom. The summed E-state index contributed by atoms with van der Waals surface area (Å²) in [6, 6.07) is 1.73. The predicted octanol–water partition coefficient (Wildman–Crippen LogP) is -1.05. The van der Waals surface area contributed by atoms with Crippen molar-refractivity contribution in [2.45, 2.75) is 32.5 Å². The van der Waals surface area contributed by atoms with E-state index in [1.165, 1.54) is 0 Å². The van der Waals surface area contributed by atoms with E-state index in [1.807, 2.05) is 19.9 Å². The van der Waals surface area contributed by atoms with Crippen molar-refractivity contribution in [1.82, 2.24) is 20.4 Å². The molecule has 1 aliphatic rings. The van der Waals surface area contributed by atoms with Crippen molar-refractivity contribution >= 4 is 5.91 Å². The maximum Gasteiger partial charge on any atom is 0.242 e. The van der Waals surface area contributed by atoms with Gasteiger partial charge >= 0.3 is 0 Å². The van der Waals surface area contributed by atoms with Crippen molar-refractivity contribution in [2.24, 2.45) is 0 Å². The van der Waals surface area contributed by atoms with Crippen molar-refractivity contribution in [3.05, 3.63) is 17.5 Å². The molecule has 0 unspecified atom stereocenters. The quantitative estimate of drug-likeness (QED) is 0.628. The zero-order valence-corrected chi connectivity index (χ0v) is 10.1. The molecule has 1 amide bonds.